The maximum Gasteiger partial charge on any atom is 0.243 e. The topological polar surface area (TPSA) is 175 Å². The molecule has 0 spiro atoms. The van der Waals surface area contributed by atoms with Crippen molar-refractivity contribution in [2.24, 2.45) is 10.8 Å². The minimum atomic E-state index is -4.13. The lowest BCUT2D eigenvalue weighted by Crippen LogP contribution is -2.54. The summed E-state index contributed by atoms with van der Waals surface area (Å²) in [6.45, 7) is 0.267. The number of carbonyl (C=O) groups excluding carboxylic acids is 2. The van der Waals surface area contributed by atoms with E-state index in [1.807, 2.05) is 12.1 Å². The number of benzene rings is 2. The van der Waals surface area contributed by atoms with Crippen LogP contribution in [0.25, 0.3) is 10.8 Å². The van der Waals surface area contributed by atoms with E-state index in [-0.39, 0.29) is 23.8 Å². The Balaban J connectivity index is 1.67. The molecule has 202 valence electrons. The van der Waals surface area contributed by atoms with Crippen molar-refractivity contribution < 1.29 is 27.9 Å². The Labute approximate surface area is 216 Å². The van der Waals surface area contributed by atoms with Gasteiger partial charge in [0.25, 0.3) is 0 Å². The van der Waals surface area contributed by atoms with Gasteiger partial charge in [0.1, 0.15) is 12.1 Å². The number of unbranched alkanes of at least 4 members (excludes halogenated alkanes) is 1. The second-order valence-electron chi connectivity index (χ2n) is 8.67. The summed E-state index contributed by atoms with van der Waals surface area (Å²) in [5.41, 5.74) is 2.31. The minimum absolute atomic E-state index is 0.0329. The Morgan fingerprint density at radius 1 is 1.24 bits per heavy atom. The number of carbonyl (C=O) groups is 2. The van der Waals surface area contributed by atoms with Crippen molar-refractivity contribution in [2.45, 2.75) is 42.3 Å². The molecule has 2 aromatic carbocycles. The van der Waals surface area contributed by atoms with Gasteiger partial charge in [-0.1, -0.05) is 30.3 Å². The van der Waals surface area contributed by atoms with E-state index >= 15 is 0 Å². The van der Waals surface area contributed by atoms with Gasteiger partial charge in [0, 0.05) is 33.2 Å². The second-order valence-corrected chi connectivity index (χ2v) is 10.4. The number of hydrogen-bond donors (Lipinski definition) is 5. The largest absolute Gasteiger partial charge is 0.394 e. The molecule has 0 radical (unpaired) electrons. The fourth-order valence-corrected chi connectivity index (χ4v) is 5.41. The zero-order chi connectivity index (χ0) is 26.8. The van der Waals surface area contributed by atoms with E-state index in [1.165, 1.54) is 30.5 Å². The number of hydrogen-bond acceptors (Lipinski definition) is 8. The van der Waals surface area contributed by atoms with E-state index in [2.05, 4.69) is 20.5 Å². The molecule has 3 rings (SSSR count). The summed E-state index contributed by atoms with van der Waals surface area (Å²) in [5, 5.41) is 14.3. The average Bonchev–Trinajstić information content (AvgIpc) is 3.35. The van der Waals surface area contributed by atoms with Crippen molar-refractivity contribution in [3.05, 3.63) is 42.5 Å². The van der Waals surface area contributed by atoms with Crippen LogP contribution in [0.5, 0.6) is 0 Å². The highest BCUT2D eigenvalue weighted by atomic mass is 32.2. The molecule has 2 amide bonds. The van der Waals surface area contributed by atoms with Crippen molar-refractivity contribution in [1.29, 1.82) is 0 Å². The number of aliphatic hydroxyl groups is 1. The zero-order valence-corrected chi connectivity index (χ0v) is 21.5. The van der Waals surface area contributed by atoms with Gasteiger partial charge in [-0.05, 0) is 35.7 Å². The summed E-state index contributed by atoms with van der Waals surface area (Å²) in [7, 11) is -2.65. The molecular formula is C24H34N6O6S. The van der Waals surface area contributed by atoms with Gasteiger partial charge < -0.3 is 25.5 Å². The molecule has 1 heterocycles. The Hall–Kier alpha value is -3.10. The van der Waals surface area contributed by atoms with E-state index in [0.29, 0.717) is 19.5 Å². The lowest BCUT2D eigenvalue weighted by atomic mass is 10.1. The number of sulfonamides is 1. The Morgan fingerprint density at radius 3 is 2.70 bits per heavy atom. The number of nitrogens with two attached hydrogens (primary N) is 1. The van der Waals surface area contributed by atoms with Crippen LogP contribution in [0.4, 0.5) is 0 Å². The first-order valence-electron chi connectivity index (χ1n) is 12.0. The van der Waals surface area contributed by atoms with Gasteiger partial charge in [-0.3, -0.25) is 14.6 Å². The number of fused-ring (bicyclic) bond motifs is 1. The van der Waals surface area contributed by atoms with Crippen molar-refractivity contribution in [1.82, 2.24) is 20.4 Å². The molecule has 0 unspecified atom stereocenters. The summed E-state index contributed by atoms with van der Waals surface area (Å²) >= 11 is 0. The number of hydrazine groups is 1. The lowest BCUT2D eigenvalue weighted by molar-refractivity contribution is -0.140. The summed E-state index contributed by atoms with van der Waals surface area (Å²) in [4.78, 5) is 31.5. The molecule has 1 saturated heterocycles. The van der Waals surface area contributed by atoms with Crippen molar-refractivity contribution in [2.75, 3.05) is 33.4 Å². The Morgan fingerprint density at radius 2 is 2.00 bits per heavy atom. The average molecular weight is 535 g/mol. The number of aliphatic hydroxyl groups excluding tert-OH is 1. The third-order valence-electron chi connectivity index (χ3n) is 6.17. The molecule has 1 aliphatic rings. The third-order valence-corrected chi connectivity index (χ3v) is 7.64. The van der Waals surface area contributed by atoms with Gasteiger partial charge >= 0.3 is 0 Å². The number of nitrogens with one attached hydrogen (secondary N) is 3. The van der Waals surface area contributed by atoms with E-state index < -0.39 is 40.7 Å². The fourth-order valence-electron chi connectivity index (χ4n) is 4.19. The molecule has 0 bridgehead atoms. The van der Waals surface area contributed by atoms with Crippen LogP contribution in [-0.4, -0.2) is 88.1 Å². The number of methoxy groups -OCH3 is 1. The summed E-state index contributed by atoms with van der Waals surface area (Å²) in [5.74, 6) is 4.04. The Bertz CT molecular complexity index is 1210. The first kappa shape index (κ1) is 28.5. The number of amides is 2. The predicted octanol–water partition coefficient (Wildman–Crippen LogP) is -0.517. The van der Waals surface area contributed by atoms with Crippen molar-refractivity contribution in [3.8, 4) is 0 Å². The van der Waals surface area contributed by atoms with Crippen LogP contribution in [-0.2, 0) is 24.3 Å². The molecule has 12 nitrogen and oxygen atoms in total. The van der Waals surface area contributed by atoms with Gasteiger partial charge in [-0.15, -0.1) is 0 Å². The van der Waals surface area contributed by atoms with Crippen LogP contribution >= 0.6 is 0 Å². The smallest absolute Gasteiger partial charge is 0.243 e. The number of aliphatic imine (C=N–C) groups is 1. The highest BCUT2D eigenvalue weighted by molar-refractivity contribution is 7.89. The maximum absolute atomic E-state index is 13.3. The van der Waals surface area contributed by atoms with Crippen LogP contribution in [0.15, 0.2) is 52.4 Å². The predicted molar refractivity (Wildman–Crippen MR) is 139 cm³/mol. The monoisotopic (exact) mass is 534 g/mol. The SMILES string of the molecule is CO[C@H]1C[C@@H](C(=O)NCCCCN=CNN)N(C(=O)[C@H](CO)NS(=O)(=O)c2ccc3ccccc3c2)C1. The fraction of sp³-hybridized carbons (Fsp3) is 0.458. The minimum Gasteiger partial charge on any atom is -0.394 e. The molecule has 6 N–H and O–H groups in total. The lowest BCUT2D eigenvalue weighted by Gasteiger charge is -2.27. The van der Waals surface area contributed by atoms with Crippen LogP contribution in [0.3, 0.4) is 0 Å². The van der Waals surface area contributed by atoms with Crippen molar-refractivity contribution >= 4 is 38.9 Å². The second kappa shape index (κ2) is 13.4. The molecular weight excluding hydrogens is 500 g/mol. The summed E-state index contributed by atoms with van der Waals surface area (Å²) < 4.78 is 33.8. The summed E-state index contributed by atoms with van der Waals surface area (Å²) in [6.07, 6.45) is 2.66. The highest BCUT2D eigenvalue weighted by Crippen LogP contribution is 2.23. The molecule has 37 heavy (non-hydrogen) atoms. The van der Waals surface area contributed by atoms with Crippen LogP contribution in [0.2, 0.25) is 0 Å². The molecule has 0 aliphatic carbocycles. The quantitative estimate of drug-likeness (QED) is 0.0750. The van der Waals surface area contributed by atoms with Crippen LogP contribution in [0, 0.1) is 0 Å². The Kier molecular flexibility index (Phi) is 10.3. The van der Waals surface area contributed by atoms with Gasteiger partial charge in [-0.2, -0.15) is 4.72 Å². The number of ether oxygens (including phenoxy) is 1. The third kappa shape index (κ3) is 7.46. The normalized spacial score (nSPS) is 18.8. The molecule has 0 saturated carbocycles. The first-order chi connectivity index (χ1) is 17.8. The molecule has 1 fully saturated rings. The first-order valence-corrected chi connectivity index (χ1v) is 13.5. The van der Waals surface area contributed by atoms with Crippen LogP contribution < -0.4 is 21.3 Å². The molecule has 1 aliphatic heterocycles. The number of nitrogens with zero attached hydrogens (tertiary/aromatic N) is 2. The zero-order valence-electron chi connectivity index (χ0n) is 20.7. The van der Waals surface area contributed by atoms with E-state index in [1.54, 1.807) is 18.2 Å². The van der Waals surface area contributed by atoms with E-state index in [0.717, 1.165) is 17.2 Å². The maximum atomic E-state index is 13.3. The molecule has 0 aromatic heterocycles. The van der Waals surface area contributed by atoms with Crippen LogP contribution in [0.1, 0.15) is 19.3 Å². The van der Waals surface area contributed by atoms with Gasteiger partial charge in [0.05, 0.1) is 23.9 Å². The van der Waals surface area contributed by atoms with Gasteiger partial charge in [0.15, 0.2) is 0 Å². The number of likely N-dealkylation sites (tertiary alicyclic amines) is 1. The van der Waals surface area contributed by atoms with E-state index in [4.69, 9.17) is 10.6 Å². The van der Waals surface area contributed by atoms with Gasteiger partial charge in [-0.25, -0.2) is 14.3 Å². The standard InChI is InChI=1S/C24H34N6O6S/c1-36-19-13-22(23(32)27-11-5-4-10-26-16-28-25)30(14-19)24(33)21(15-31)29-37(34,35)20-9-8-17-6-2-3-7-18(17)12-20/h2-3,6-9,12,16,19,21-22,29,31H,4-5,10-11,13-15,25H2,1H3,(H,26,28)(H,27,32)/t19-,21-,22-/m0/s1. The molecule has 3 atom stereocenters. The number of rotatable bonds is 13. The molecule has 13 heteroatoms. The van der Waals surface area contributed by atoms with Crippen molar-refractivity contribution in [3.63, 3.8) is 0 Å². The summed E-state index contributed by atoms with van der Waals surface area (Å²) in [6, 6.07) is 9.59. The van der Waals surface area contributed by atoms with Gasteiger partial charge in [0.2, 0.25) is 21.8 Å². The molecule has 2 aromatic rings. The van der Waals surface area contributed by atoms with E-state index in [9.17, 15) is 23.1 Å². The highest BCUT2D eigenvalue weighted by Gasteiger charge is 2.42.